The van der Waals surface area contributed by atoms with Crippen LogP contribution < -0.4 is 5.23 Å². The first-order chi connectivity index (χ1) is 6.47. The molecule has 0 fully saturated rings. The quantitative estimate of drug-likeness (QED) is 0.740. The van der Waals surface area contributed by atoms with Crippen molar-refractivity contribution in [2.75, 3.05) is 11.0 Å². The molecule has 1 aromatic rings. The van der Waals surface area contributed by atoms with E-state index in [1.807, 2.05) is 0 Å². The zero-order chi connectivity index (χ0) is 10.8. The molecule has 0 spiro atoms. The van der Waals surface area contributed by atoms with Gasteiger partial charge in [0.25, 0.3) is 0 Å². The van der Waals surface area contributed by atoms with Gasteiger partial charge in [0, 0.05) is 0 Å². The van der Waals surface area contributed by atoms with Gasteiger partial charge >= 0.3 is 0 Å². The maximum absolute atomic E-state index is 11.4. The van der Waals surface area contributed by atoms with Gasteiger partial charge in [-0.15, -0.1) is 5.23 Å². The molecule has 0 heterocycles. The van der Waals surface area contributed by atoms with Gasteiger partial charge in [0.1, 0.15) is 0 Å². The lowest BCUT2D eigenvalue weighted by molar-refractivity contribution is 0.0290. The third-order valence-electron chi connectivity index (χ3n) is 1.79. The predicted molar refractivity (Wildman–Crippen MR) is 50.2 cm³/mol. The van der Waals surface area contributed by atoms with Crippen LogP contribution in [0.5, 0.6) is 0 Å². The Morgan fingerprint density at radius 2 is 2.00 bits per heavy atom. The first kappa shape index (κ1) is 11.0. The van der Waals surface area contributed by atoms with Crippen LogP contribution in [0.15, 0.2) is 29.2 Å². The molecule has 0 radical (unpaired) electrons. The predicted octanol–water partition coefficient (Wildman–Crippen LogP) is 1.07. The third kappa shape index (κ3) is 2.22. The standard InChI is InChI=1S/C8H11NO4S/c1-2-14(12,13)8-5-3-4-7(6-8)9(10)11/h3-6,10-11H,2H2,1H3. The molecular formula is C8H11NO4S. The fourth-order valence-electron chi connectivity index (χ4n) is 0.968. The van der Waals surface area contributed by atoms with E-state index in [-0.39, 0.29) is 21.6 Å². The zero-order valence-corrected chi connectivity index (χ0v) is 8.40. The van der Waals surface area contributed by atoms with E-state index in [2.05, 4.69) is 0 Å². The number of hydrogen-bond donors (Lipinski definition) is 2. The second-order valence-electron chi connectivity index (χ2n) is 2.69. The van der Waals surface area contributed by atoms with E-state index in [1.54, 1.807) is 0 Å². The van der Waals surface area contributed by atoms with Crippen molar-refractivity contribution in [1.29, 1.82) is 0 Å². The summed E-state index contributed by atoms with van der Waals surface area (Å²) in [4.78, 5) is 0.0746. The molecule has 0 saturated carbocycles. The summed E-state index contributed by atoms with van der Waals surface area (Å²) >= 11 is 0. The second-order valence-corrected chi connectivity index (χ2v) is 4.97. The first-order valence-corrected chi connectivity index (χ1v) is 5.63. The Labute approximate surface area is 82.0 Å². The lowest BCUT2D eigenvalue weighted by Gasteiger charge is -2.09. The Morgan fingerprint density at radius 3 is 2.50 bits per heavy atom. The van der Waals surface area contributed by atoms with Crippen molar-refractivity contribution in [3.63, 3.8) is 0 Å². The molecular weight excluding hydrogens is 206 g/mol. The fourth-order valence-corrected chi connectivity index (χ4v) is 1.89. The van der Waals surface area contributed by atoms with Gasteiger partial charge in [0.15, 0.2) is 9.84 Å². The minimum absolute atomic E-state index is 0.0134. The Morgan fingerprint density at radius 1 is 1.36 bits per heavy atom. The topological polar surface area (TPSA) is 77.8 Å². The van der Waals surface area contributed by atoms with Crippen molar-refractivity contribution in [3.8, 4) is 0 Å². The van der Waals surface area contributed by atoms with Crippen LogP contribution in [-0.2, 0) is 9.84 Å². The van der Waals surface area contributed by atoms with Crippen molar-refractivity contribution in [2.45, 2.75) is 11.8 Å². The van der Waals surface area contributed by atoms with E-state index in [0.29, 0.717) is 0 Å². The van der Waals surface area contributed by atoms with Gasteiger partial charge in [-0.3, -0.25) is 10.4 Å². The summed E-state index contributed by atoms with van der Waals surface area (Å²) in [7, 11) is -3.30. The molecule has 5 nitrogen and oxygen atoms in total. The minimum atomic E-state index is -3.30. The minimum Gasteiger partial charge on any atom is -0.264 e. The van der Waals surface area contributed by atoms with E-state index in [0.717, 1.165) is 0 Å². The van der Waals surface area contributed by atoms with E-state index < -0.39 is 9.84 Å². The fraction of sp³-hybridized carbons (Fsp3) is 0.250. The van der Waals surface area contributed by atoms with Crippen LogP contribution in [0.25, 0.3) is 0 Å². The summed E-state index contributed by atoms with van der Waals surface area (Å²) in [6, 6.07) is 5.43. The van der Waals surface area contributed by atoms with Crippen molar-refractivity contribution in [2.24, 2.45) is 0 Å². The molecule has 14 heavy (non-hydrogen) atoms. The summed E-state index contributed by atoms with van der Waals surface area (Å²) in [5.41, 5.74) is 0.0134. The number of rotatable bonds is 3. The van der Waals surface area contributed by atoms with Gasteiger partial charge < -0.3 is 0 Å². The smallest absolute Gasteiger partial charge is 0.178 e. The average Bonchev–Trinajstić information content (AvgIpc) is 2.18. The van der Waals surface area contributed by atoms with E-state index in [9.17, 15) is 8.42 Å². The molecule has 0 aliphatic rings. The van der Waals surface area contributed by atoms with Crippen molar-refractivity contribution < 1.29 is 18.8 Å². The van der Waals surface area contributed by atoms with Crippen molar-refractivity contribution in [1.82, 2.24) is 0 Å². The molecule has 0 saturated heterocycles. The molecule has 2 N–H and O–H groups in total. The molecule has 78 valence electrons. The van der Waals surface area contributed by atoms with Crippen LogP contribution in [0.3, 0.4) is 0 Å². The SMILES string of the molecule is CCS(=O)(=O)c1cccc(N(O)O)c1. The lowest BCUT2D eigenvalue weighted by atomic mass is 10.3. The van der Waals surface area contributed by atoms with Crippen LogP contribution in [0.4, 0.5) is 5.69 Å². The maximum Gasteiger partial charge on any atom is 0.178 e. The Kier molecular flexibility index (Phi) is 3.10. The number of hydrogen-bond acceptors (Lipinski definition) is 5. The molecule has 0 amide bonds. The highest BCUT2D eigenvalue weighted by Gasteiger charge is 2.12. The maximum atomic E-state index is 11.4. The van der Waals surface area contributed by atoms with Gasteiger partial charge in [-0.25, -0.2) is 8.42 Å². The molecule has 0 bridgehead atoms. The summed E-state index contributed by atoms with van der Waals surface area (Å²) in [6.07, 6.45) is 0. The highest BCUT2D eigenvalue weighted by atomic mass is 32.2. The molecule has 1 rings (SSSR count). The second kappa shape index (κ2) is 3.95. The Bertz CT molecular complexity index is 413. The lowest BCUT2D eigenvalue weighted by Crippen LogP contribution is -2.12. The van der Waals surface area contributed by atoms with Gasteiger partial charge in [-0.1, -0.05) is 13.0 Å². The zero-order valence-electron chi connectivity index (χ0n) is 7.58. The summed E-state index contributed by atoms with van der Waals surface area (Å²) in [5, 5.41) is 17.2. The molecule has 6 heteroatoms. The van der Waals surface area contributed by atoms with Crippen LogP contribution in [-0.4, -0.2) is 24.6 Å². The normalized spacial score (nSPS) is 11.4. The van der Waals surface area contributed by atoms with Gasteiger partial charge in [0.2, 0.25) is 0 Å². The van der Waals surface area contributed by atoms with E-state index in [4.69, 9.17) is 10.4 Å². The highest BCUT2D eigenvalue weighted by Crippen LogP contribution is 2.17. The largest absolute Gasteiger partial charge is 0.264 e. The van der Waals surface area contributed by atoms with Crippen LogP contribution in [0.2, 0.25) is 0 Å². The molecule has 0 atom stereocenters. The van der Waals surface area contributed by atoms with Gasteiger partial charge in [-0.05, 0) is 18.2 Å². The Balaban J connectivity index is 3.19. The molecule has 1 aromatic carbocycles. The number of anilines is 1. The number of nitrogens with zero attached hydrogens (tertiary/aromatic N) is 1. The first-order valence-electron chi connectivity index (χ1n) is 3.98. The third-order valence-corrected chi connectivity index (χ3v) is 3.52. The number of benzene rings is 1. The molecule has 0 aliphatic carbocycles. The average molecular weight is 217 g/mol. The van der Waals surface area contributed by atoms with Crippen molar-refractivity contribution >= 4 is 15.5 Å². The van der Waals surface area contributed by atoms with Gasteiger partial charge in [-0.2, -0.15) is 0 Å². The summed E-state index contributed by atoms with van der Waals surface area (Å²) < 4.78 is 22.8. The monoisotopic (exact) mass is 217 g/mol. The Hall–Kier alpha value is -1.11. The van der Waals surface area contributed by atoms with Gasteiger partial charge in [0.05, 0.1) is 16.3 Å². The summed E-state index contributed by atoms with van der Waals surface area (Å²) in [5.74, 6) is -0.0205. The highest BCUT2D eigenvalue weighted by molar-refractivity contribution is 7.91. The van der Waals surface area contributed by atoms with Crippen molar-refractivity contribution in [3.05, 3.63) is 24.3 Å². The molecule has 0 unspecified atom stereocenters. The molecule has 0 aromatic heterocycles. The molecule has 0 aliphatic heterocycles. The number of sulfone groups is 1. The van der Waals surface area contributed by atoms with Crippen LogP contribution in [0.1, 0.15) is 6.92 Å². The summed E-state index contributed by atoms with van der Waals surface area (Å²) in [6.45, 7) is 1.53. The van der Waals surface area contributed by atoms with E-state index >= 15 is 0 Å². The van der Waals surface area contributed by atoms with Crippen LogP contribution in [0, 0.1) is 0 Å². The van der Waals surface area contributed by atoms with Crippen LogP contribution >= 0.6 is 0 Å². The van der Waals surface area contributed by atoms with E-state index in [1.165, 1.54) is 31.2 Å².